The number of nitrogens with two attached hydrogens (primary N) is 1. The summed E-state index contributed by atoms with van der Waals surface area (Å²) in [4.78, 5) is 23.2. The number of fused-ring (bicyclic) bond motifs is 1. The zero-order chi connectivity index (χ0) is 13.2. The predicted molar refractivity (Wildman–Crippen MR) is 72.7 cm³/mol. The summed E-state index contributed by atoms with van der Waals surface area (Å²) in [5.41, 5.74) is 6.26. The minimum absolute atomic E-state index is 0.0366. The maximum Gasteiger partial charge on any atom is 0.286 e. The molecule has 0 unspecified atom stereocenters. The molecule has 6 heteroatoms. The number of carbonyl (C=O) groups excluding carboxylic acids is 1. The fraction of sp³-hybridized carbons (Fsp3) is 0. The van der Waals surface area contributed by atoms with Crippen molar-refractivity contribution < 1.29 is 4.79 Å². The van der Waals surface area contributed by atoms with Crippen LogP contribution in [-0.4, -0.2) is 20.9 Å². The Labute approximate surface area is 112 Å². The summed E-state index contributed by atoms with van der Waals surface area (Å²) in [5.74, 6) is 5.25. The van der Waals surface area contributed by atoms with Crippen LogP contribution in [0, 0.1) is 11.8 Å². The summed E-state index contributed by atoms with van der Waals surface area (Å²) < 4.78 is 0. The molecule has 5 nitrogen and oxygen atoms in total. The maximum absolute atomic E-state index is 11.2. The van der Waals surface area contributed by atoms with Gasteiger partial charge < -0.3 is 10.7 Å². The van der Waals surface area contributed by atoms with E-state index >= 15 is 0 Å². The predicted octanol–water partition coefficient (Wildman–Crippen LogP) is 1.52. The zero-order valence-corrected chi connectivity index (χ0v) is 10.5. The van der Waals surface area contributed by atoms with Crippen LogP contribution in [0.1, 0.15) is 21.2 Å². The largest absolute Gasteiger partial charge is 0.363 e. The van der Waals surface area contributed by atoms with Crippen LogP contribution in [-0.2, 0) is 0 Å². The highest BCUT2D eigenvalue weighted by Crippen LogP contribution is 2.14. The van der Waals surface area contributed by atoms with E-state index in [1.54, 1.807) is 17.5 Å². The van der Waals surface area contributed by atoms with E-state index in [4.69, 9.17) is 5.73 Å². The SMILES string of the molecule is NC(=O)c1nc(C#Cc2cccs2)c2cc[nH]c2n1. The maximum atomic E-state index is 11.2. The number of nitrogens with one attached hydrogen (secondary N) is 1. The summed E-state index contributed by atoms with van der Waals surface area (Å²) in [6.45, 7) is 0. The minimum Gasteiger partial charge on any atom is -0.363 e. The molecule has 0 atom stereocenters. The smallest absolute Gasteiger partial charge is 0.286 e. The molecule has 3 aromatic heterocycles. The van der Waals surface area contributed by atoms with Gasteiger partial charge in [0.25, 0.3) is 5.91 Å². The van der Waals surface area contributed by atoms with Crippen LogP contribution in [0.15, 0.2) is 29.8 Å². The number of thiophene rings is 1. The van der Waals surface area contributed by atoms with Crippen LogP contribution in [0.3, 0.4) is 0 Å². The van der Waals surface area contributed by atoms with Crippen LogP contribution in [0.2, 0.25) is 0 Å². The van der Waals surface area contributed by atoms with Crippen molar-refractivity contribution in [2.45, 2.75) is 0 Å². The van der Waals surface area contributed by atoms with Crippen molar-refractivity contribution in [3.05, 3.63) is 46.2 Å². The molecular formula is C13H8N4OS. The molecule has 92 valence electrons. The molecule has 0 spiro atoms. The standard InChI is InChI=1S/C13H8N4OS/c14-11(18)13-16-10(4-3-8-2-1-7-19-8)9-5-6-15-12(9)17-13/h1-2,5-7H,(H2,14,18)(H,15,16,17). The van der Waals surface area contributed by atoms with Crippen LogP contribution >= 0.6 is 11.3 Å². The first-order valence-corrected chi connectivity index (χ1v) is 6.32. The van der Waals surface area contributed by atoms with Gasteiger partial charge in [0.05, 0.1) is 10.3 Å². The first-order chi connectivity index (χ1) is 9.24. The minimum atomic E-state index is -0.671. The Bertz CT molecular complexity index is 808. The number of hydrogen-bond donors (Lipinski definition) is 2. The lowest BCUT2D eigenvalue weighted by atomic mass is 10.2. The molecular weight excluding hydrogens is 260 g/mol. The number of H-pyrrole nitrogens is 1. The molecule has 0 aromatic carbocycles. The van der Waals surface area contributed by atoms with E-state index in [9.17, 15) is 4.79 Å². The van der Waals surface area contributed by atoms with E-state index in [-0.39, 0.29) is 5.82 Å². The topological polar surface area (TPSA) is 84.7 Å². The van der Waals surface area contributed by atoms with E-state index in [1.807, 2.05) is 23.6 Å². The highest BCUT2D eigenvalue weighted by molar-refractivity contribution is 7.10. The number of nitrogens with zero attached hydrogens (tertiary/aromatic N) is 2. The lowest BCUT2D eigenvalue weighted by Crippen LogP contribution is -2.16. The fourth-order valence-electron chi connectivity index (χ4n) is 1.62. The number of carbonyl (C=O) groups is 1. The average molecular weight is 268 g/mol. The average Bonchev–Trinajstić information content (AvgIpc) is 3.06. The lowest BCUT2D eigenvalue weighted by molar-refractivity contribution is 0.0990. The van der Waals surface area contributed by atoms with Crippen molar-refractivity contribution >= 4 is 28.3 Å². The van der Waals surface area contributed by atoms with Gasteiger partial charge in [-0.05, 0) is 29.4 Å². The van der Waals surface area contributed by atoms with Crippen molar-refractivity contribution in [2.24, 2.45) is 5.73 Å². The van der Waals surface area contributed by atoms with E-state index < -0.39 is 5.91 Å². The summed E-state index contributed by atoms with van der Waals surface area (Å²) in [6.07, 6.45) is 1.72. The Kier molecular flexibility index (Phi) is 2.74. The quantitative estimate of drug-likeness (QED) is 0.656. The molecule has 19 heavy (non-hydrogen) atoms. The van der Waals surface area contributed by atoms with Crippen LogP contribution < -0.4 is 5.73 Å². The van der Waals surface area contributed by atoms with Gasteiger partial charge in [0.15, 0.2) is 0 Å². The molecule has 3 N–H and O–H groups in total. The molecule has 3 rings (SSSR count). The van der Waals surface area contributed by atoms with Gasteiger partial charge in [-0.15, -0.1) is 11.3 Å². The molecule has 0 bridgehead atoms. The van der Waals surface area contributed by atoms with E-state index in [0.29, 0.717) is 11.3 Å². The first kappa shape index (κ1) is 11.4. The van der Waals surface area contributed by atoms with Crippen molar-refractivity contribution in [3.8, 4) is 11.8 Å². The first-order valence-electron chi connectivity index (χ1n) is 5.44. The molecule has 0 saturated carbocycles. The van der Waals surface area contributed by atoms with Gasteiger partial charge in [0, 0.05) is 6.20 Å². The number of rotatable bonds is 1. The van der Waals surface area contributed by atoms with Crippen molar-refractivity contribution in [2.75, 3.05) is 0 Å². The molecule has 0 aliphatic carbocycles. The number of hydrogen-bond acceptors (Lipinski definition) is 4. The Hall–Kier alpha value is -2.65. The monoisotopic (exact) mass is 268 g/mol. The van der Waals surface area contributed by atoms with Gasteiger partial charge in [0.1, 0.15) is 11.3 Å². The van der Waals surface area contributed by atoms with Crippen LogP contribution in [0.25, 0.3) is 11.0 Å². The highest BCUT2D eigenvalue weighted by atomic mass is 32.1. The third-order valence-electron chi connectivity index (χ3n) is 2.46. The van der Waals surface area contributed by atoms with Gasteiger partial charge in [0.2, 0.25) is 5.82 Å². The van der Waals surface area contributed by atoms with Crippen LogP contribution in [0.4, 0.5) is 0 Å². The summed E-state index contributed by atoms with van der Waals surface area (Å²) in [7, 11) is 0. The number of primary amides is 1. The summed E-state index contributed by atoms with van der Waals surface area (Å²) in [5, 5.41) is 2.72. The molecule has 1 amide bonds. The molecule has 0 aliphatic heterocycles. The Morgan fingerprint density at radius 1 is 1.32 bits per heavy atom. The fourth-order valence-corrected chi connectivity index (χ4v) is 2.19. The molecule has 0 fully saturated rings. The Morgan fingerprint density at radius 2 is 2.21 bits per heavy atom. The van der Waals surface area contributed by atoms with Gasteiger partial charge in [-0.2, -0.15) is 0 Å². The summed E-state index contributed by atoms with van der Waals surface area (Å²) in [6, 6.07) is 5.66. The molecule has 3 heterocycles. The molecule has 0 aliphatic rings. The van der Waals surface area contributed by atoms with Crippen molar-refractivity contribution in [1.29, 1.82) is 0 Å². The highest BCUT2D eigenvalue weighted by Gasteiger charge is 2.10. The van der Waals surface area contributed by atoms with Crippen LogP contribution in [0.5, 0.6) is 0 Å². The normalized spacial score (nSPS) is 10.1. The zero-order valence-electron chi connectivity index (χ0n) is 9.68. The number of aromatic nitrogens is 3. The van der Waals surface area contributed by atoms with E-state index in [0.717, 1.165) is 10.3 Å². The third kappa shape index (κ3) is 2.19. The van der Waals surface area contributed by atoms with Gasteiger partial charge >= 0.3 is 0 Å². The van der Waals surface area contributed by atoms with Gasteiger partial charge in [-0.1, -0.05) is 6.07 Å². The Balaban J connectivity index is 2.16. The third-order valence-corrected chi connectivity index (χ3v) is 3.25. The number of amides is 1. The van der Waals surface area contributed by atoms with E-state index in [2.05, 4.69) is 26.8 Å². The second-order valence-corrected chi connectivity index (χ2v) is 4.68. The van der Waals surface area contributed by atoms with Crippen molar-refractivity contribution in [3.63, 3.8) is 0 Å². The van der Waals surface area contributed by atoms with Gasteiger partial charge in [-0.3, -0.25) is 4.79 Å². The second kappa shape index (κ2) is 4.55. The molecule has 0 radical (unpaired) electrons. The van der Waals surface area contributed by atoms with Gasteiger partial charge in [-0.25, -0.2) is 9.97 Å². The molecule has 0 saturated heterocycles. The summed E-state index contributed by atoms with van der Waals surface area (Å²) >= 11 is 1.54. The lowest BCUT2D eigenvalue weighted by Gasteiger charge is -1.97. The van der Waals surface area contributed by atoms with E-state index in [1.165, 1.54) is 0 Å². The second-order valence-electron chi connectivity index (χ2n) is 3.73. The Morgan fingerprint density at radius 3 is 2.95 bits per heavy atom. The number of aromatic amines is 1. The van der Waals surface area contributed by atoms with Crippen molar-refractivity contribution in [1.82, 2.24) is 15.0 Å². The molecule has 3 aromatic rings.